The van der Waals surface area contributed by atoms with E-state index in [2.05, 4.69) is 9.97 Å². The van der Waals surface area contributed by atoms with Crippen molar-refractivity contribution >= 4 is 40.2 Å². The average Bonchev–Trinajstić information content (AvgIpc) is 2.92. The predicted molar refractivity (Wildman–Crippen MR) is 82.9 cm³/mol. The van der Waals surface area contributed by atoms with Crippen LogP contribution >= 0.6 is 23.2 Å². The number of benzene rings is 2. The van der Waals surface area contributed by atoms with Crippen LogP contribution in [-0.2, 0) is 4.74 Å². The maximum atomic E-state index is 11.5. The summed E-state index contributed by atoms with van der Waals surface area (Å²) in [5.41, 5.74) is 2.79. The fraction of sp³-hybridized carbons (Fsp3) is 0.0667. The number of aromatic amines is 1. The summed E-state index contributed by atoms with van der Waals surface area (Å²) in [7, 11) is 1.35. The van der Waals surface area contributed by atoms with Crippen molar-refractivity contribution in [3.63, 3.8) is 0 Å². The third-order valence-corrected chi connectivity index (χ3v) is 3.84. The molecule has 0 atom stereocenters. The lowest BCUT2D eigenvalue weighted by atomic mass is 10.2. The number of ether oxygens (including phenoxy) is 1. The largest absolute Gasteiger partial charge is 0.465 e. The molecule has 3 aromatic rings. The normalized spacial score (nSPS) is 10.8. The number of rotatable bonds is 2. The lowest BCUT2D eigenvalue weighted by Crippen LogP contribution is -2.00. The van der Waals surface area contributed by atoms with Crippen LogP contribution in [0.2, 0.25) is 10.0 Å². The first-order valence-corrected chi connectivity index (χ1v) is 6.87. The van der Waals surface area contributed by atoms with Gasteiger partial charge in [-0.15, -0.1) is 0 Å². The summed E-state index contributed by atoms with van der Waals surface area (Å²) < 4.78 is 4.70. The summed E-state index contributed by atoms with van der Waals surface area (Å²) in [6, 6.07) is 10.4. The lowest BCUT2D eigenvalue weighted by molar-refractivity contribution is 0.0601. The van der Waals surface area contributed by atoms with Crippen molar-refractivity contribution in [2.75, 3.05) is 7.11 Å². The Morgan fingerprint density at radius 3 is 2.67 bits per heavy atom. The summed E-state index contributed by atoms with van der Waals surface area (Å²) in [4.78, 5) is 19.2. The summed E-state index contributed by atoms with van der Waals surface area (Å²) >= 11 is 11.9. The van der Waals surface area contributed by atoms with Gasteiger partial charge in [0.1, 0.15) is 5.82 Å². The molecule has 6 heteroatoms. The number of hydrogen-bond donors (Lipinski definition) is 1. The van der Waals surface area contributed by atoms with E-state index in [1.165, 1.54) is 7.11 Å². The van der Waals surface area contributed by atoms with E-state index < -0.39 is 0 Å². The Kier molecular flexibility index (Phi) is 3.57. The summed E-state index contributed by atoms with van der Waals surface area (Å²) in [5, 5.41) is 0.953. The third-order valence-electron chi connectivity index (χ3n) is 3.10. The Balaban J connectivity index is 2.08. The van der Waals surface area contributed by atoms with Crippen molar-refractivity contribution in [3.8, 4) is 11.4 Å². The molecule has 2 aromatic carbocycles. The number of nitrogens with one attached hydrogen (secondary N) is 1. The molecule has 0 spiro atoms. The minimum atomic E-state index is -0.386. The molecule has 0 unspecified atom stereocenters. The zero-order valence-electron chi connectivity index (χ0n) is 11.0. The summed E-state index contributed by atoms with van der Waals surface area (Å²) in [6.45, 7) is 0. The first-order valence-electron chi connectivity index (χ1n) is 6.12. The van der Waals surface area contributed by atoms with Crippen LogP contribution in [0.25, 0.3) is 22.4 Å². The first kappa shape index (κ1) is 13.9. The molecule has 1 N–H and O–H groups in total. The highest BCUT2D eigenvalue weighted by Crippen LogP contribution is 2.28. The number of nitrogens with zero attached hydrogens (tertiary/aromatic N) is 1. The van der Waals surface area contributed by atoms with Crippen LogP contribution in [0.1, 0.15) is 10.4 Å². The number of fused-ring (bicyclic) bond motifs is 1. The third kappa shape index (κ3) is 2.60. The maximum absolute atomic E-state index is 11.5. The number of aromatic nitrogens is 2. The Morgan fingerprint density at radius 1 is 1.14 bits per heavy atom. The van der Waals surface area contributed by atoms with E-state index in [1.807, 2.05) is 6.07 Å². The Hall–Kier alpha value is -2.04. The monoisotopic (exact) mass is 320 g/mol. The van der Waals surface area contributed by atoms with Crippen molar-refractivity contribution < 1.29 is 9.53 Å². The van der Waals surface area contributed by atoms with E-state index in [0.29, 0.717) is 21.4 Å². The zero-order chi connectivity index (χ0) is 15.0. The van der Waals surface area contributed by atoms with Gasteiger partial charge in [-0.05, 0) is 36.4 Å². The number of H-pyrrole nitrogens is 1. The van der Waals surface area contributed by atoms with Crippen LogP contribution in [0.3, 0.4) is 0 Å². The van der Waals surface area contributed by atoms with Crippen LogP contribution < -0.4 is 0 Å². The van der Waals surface area contributed by atoms with Crippen LogP contribution in [0.5, 0.6) is 0 Å². The molecule has 0 amide bonds. The molecule has 0 saturated carbocycles. The highest BCUT2D eigenvalue weighted by Gasteiger charge is 2.10. The SMILES string of the molecule is COC(=O)c1ccc2nc(-c3ccc(Cl)c(Cl)c3)[nH]c2c1. The van der Waals surface area contributed by atoms with Crippen LogP contribution in [0, 0.1) is 0 Å². The Labute approximate surface area is 130 Å². The topological polar surface area (TPSA) is 55.0 Å². The standard InChI is InChI=1S/C15H10Cl2N2O2/c1-21-15(20)9-3-5-12-13(7-9)19-14(18-12)8-2-4-10(16)11(17)6-8/h2-7H,1H3,(H,18,19). The molecule has 0 aliphatic carbocycles. The van der Waals surface area contributed by atoms with Crippen LogP contribution in [-0.4, -0.2) is 23.0 Å². The van der Waals surface area contributed by atoms with Crippen molar-refractivity contribution in [2.24, 2.45) is 0 Å². The van der Waals surface area contributed by atoms with E-state index in [9.17, 15) is 4.79 Å². The van der Waals surface area contributed by atoms with Crippen molar-refractivity contribution in [3.05, 3.63) is 52.0 Å². The first-order chi connectivity index (χ1) is 10.1. The van der Waals surface area contributed by atoms with Gasteiger partial charge in [0, 0.05) is 5.56 Å². The van der Waals surface area contributed by atoms with E-state index >= 15 is 0 Å². The second-order valence-electron chi connectivity index (χ2n) is 4.44. The van der Waals surface area contributed by atoms with Gasteiger partial charge in [0.05, 0.1) is 33.8 Å². The van der Waals surface area contributed by atoms with Gasteiger partial charge >= 0.3 is 5.97 Å². The number of methoxy groups -OCH3 is 1. The van der Waals surface area contributed by atoms with Crippen molar-refractivity contribution in [1.82, 2.24) is 9.97 Å². The summed E-state index contributed by atoms with van der Waals surface area (Å²) in [5.74, 6) is 0.271. The van der Waals surface area contributed by atoms with E-state index in [4.69, 9.17) is 27.9 Å². The fourth-order valence-electron chi connectivity index (χ4n) is 2.03. The predicted octanol–water partition coefficient (Wildman–Crippen LogP) is 4.32. The maximum Gasteiger partial charge on any atom is 0.337 e. The second-order valence-corrected chi connectivity index (χ2v) is 5.25. The smallest absolute Gasteiger partial charge is 0.337 e. The number of carbonyl (C=O) groups excluding carboxylic acids is 1. The molecule has 0 radical (unpaired) electrons. The van der Waals surface area contributed by atoms with E-state index in [0.717, 1.165) is 16.6 Å². The zero-order valence-corrected chi connectivity index (χ0v) is 12.5. The minimum Gasteiger partial charge on any atom is -0.465 e. The molecule has 1 aromatic heterocycles. The molecular weight excluding hydrogens is 311 g/mol. The molecule has 0 saturated heterocycles. The molecule has 0 aliphatic heterocycles. The quantitative estimate of drug-likeness (QED) is 0.715. The van der Waals surface area contributed by atoms with Gasteiger partial charge < -0.3 is 9.72 Å². The van der Waals surface area contributed by atoms with Gasteiger partial charge in [-0.1, -0.05) is 23.2 Å². The molecule has 0 aliphatic rings. The molecule has 0 bridgehead atoms. The van der Waals surface area contributed by atoms with Crippen LogP contribution in [0.15, 0.2) is 36.4 Å². The Morgan fingerprint density at radius 2 is 1.95 bits per heavy atom. The molecule has 21 heavy (non-hydrogen) atoms. The highest BCUT2D eigenvalue weighted by atomic mass is 35.5. The van der Waals surface area contributed by atoms with Gasteiger partial charge in [-0.2, -0.15) is 0 Å². The van der Waals surface area contributed by atoms with Gasteiger partial charge in [0.25, 0.3) is 0 Å². The molecule has 0 fully saturated rings. The lowest BCUT2D eigenvalue weighted by Gasteiger charge is -1.99. The molecule has 3 rings (SSSR count). The fourth-order valence-corrected chi connectivity index (χ4v) is 2.33. The second kappa shape index (κ2) is 5.39. The highest BCUT2D eigenvalue weighted by molar-refractivity contribution is 6.42. The Bertz CT molecular complexity index is 843. The number of esters is 1. The molecular formula is C15H10Cl2N2O2. The van der Waals surface area contributed by atoms with Crippen molar-refractivity contribution in [1.29, 1.82) is 0 Å². The number of hydrogen-bond acceptors (Lipinski definition) is 3. The minimum absolute atomic E-state index is 0.386. The number of halogens is 2. The summed E-state index contributed by atoms with van der Waals surface area (Å²) in [6.07, 6.45) is 0. The number of carbonyl (C=O) groups is 1. The van der Waals surface area contributed by atoms with Gasteiger partial charge in [0.15, 0.2) is 0 Å². The van der Waals surface area contributed by atoms with Gasteiger partial charge in [-0.3, -0.25) is 0 Å². The molecule has 106 valence electrons. The molecule has 4 nitrogen and oxygen atoms in total. The van der Waals surface area contributed by atoms with Crippen molar-refractivity contribution in [2.45, 2.75) is 0 Å². The van der Waals surface area contributed by atoms with E-state index in [-0.39, 0.29) is 5.97 Å². The average molecular weight is 321 g/mol. The van der Waals surface area contributed by atoms with Crippen LogP contribution in [0.4, 0.5) is 0 Å². The van der Waals surface area contributed by atoms with E-state index in [1.54, 1.807) is 30.3 Å². The number of imidazole rings is 1. The molecule has 1 heterocycles. The van der Waals surface area contributed by atoms with Gasteiger partial charge in [-0.25, -0.2) is 9.78 Å². The van der Waals surface area contributed by atoms with Gasteiger partial charge in [0.2, 0.25) is 0 Å².